The predicted molar refractivity (Wildman–Crippen MR) is 80.9 cm³/mol. The smallest absolute Gasteiger partial charge is 0.319 e. The van der Waals surface area contributed by atoms with E-state index in [1.165, 1.54) is 0 Å². The summed E-state index contributed by atoms with van der Waals surface area (Å²) in [5.74, 6) is 0.101. The molecule has 0 spiro atoms. The van der Waals surface area contributed by atoms with Gasteiger partial charge in [0.25, 0.3) is 0 Å². The van der Waals surface area contributed by atoms with Crippen molar-refractivity contribution < 1.29 is 9.59 Å². The van der Waals surface area contributed by atoms with Crippen molar-refractivity contribution >= 4 is 17.6 Å². The van der Waals surface area contributed by atoms with E-state index in [0.717, 1.165) is 25.7 Å². The number of pyridine rings is 1. The molecular weight excluding hydrogens is 268 g/mol. The summed E-state index contributed by atoms with van der Waals surface area (Å²) in [6.45, 7) is 0.376. The Morgan fingerprint density at radius 2 is 1.86 bits per heavy atom. The number of anilines is 1. The van der Waals surface area contributed by atoms with E-state index in [2.05, 4.69) is 15.6 Å². The summed E-state index contributed by atoms with van der Waals surface area (Å²) >= 11 is 0. The molecule has 0 bridgehead atoms. The minimum absolute atomic E-state index is 0.101. The Hall–Kier alpha value is -2.11. The maximum Gasteiger partial charge on any atom is 0.319 e. The maximum atomic E-state index is 12.4. The van der Waals surface area contributed by atoms with Gasteiger partial charge < -0.3 is 15.5 Å². The first kappa shape index (κ1) is 15.3. The van der Waals surface area contributed by atoms with E-state index in [4.69, 9.17) is 0 Å². The highest BCUT2D eigenvalue weighted by Crippen LogP contribution is 2.38. The van der Waals surface area contributed by atoms with E-state index >= 15 is 0 Å². The lowest BCUT2D eigenvalue weighted by Gasteiger charge is -2.30. The largest absolute Gasteiger partial charge is 0.348 e. The van der Waals surface area contributed by atoms with Crippen LogP contribution in [-0.4, -0.2) is 42.5 Å². The molecule has 6 nitrogen and oxygen atoms in total. The second-order valence-corrected chi connectivity index (χ2v) is 5.73. The number of nitrogens with one attached hydrogen (secondary N) is 2. The van der Waals surface area contributed by atoms with Gasteiger partial charge >= 0.3 is 6.03 Å². The predicted octanol–water partition coefficient (Wildman–Crippen LogP) is 1.85. The Morgan fingerprint density at radius 1 is 1.24 bits per heavy atom. The molecular formula is C15H22N4O2. The summed E-state index contributed by atoms with van der Waals surface area (Å²) in [6, 6.07) is 3.14. The normalized spacial score (nSPS) is 16.3. The monoisotopic (exact) mass is 290 g/mol. The number of hydrogen-bond donors (Lipinski definition) is 2. The topological polar surface area (TPSA) is 74.3 Å². The van der Waals surface area contributed by atoms with Gasteiger partial charge in [0.05, 0.1) is 5.41 Å². The third-order valence-corrected chi connectivity index (χ3v) is 3.95. The van der Waals surface area contributed by atoms with Gasteiger partial charge in [0.1, 0.15) is 0 Å². The van der Waals surface area contributed by atoms with Crippen LogP contribution in [0.1, 0.15) is 25.7 Å². The number of hydrogen-bond acceptors (Lipinski definition) is 3. The SMILES string of the molecule is CN(C)C(=O)C1(CNC(=O)Nc2ccncc2)CCCC1. The summed E-state index contributed by atoms with van der Waals surface area (Å²) in [5.41, 5.74) is 0.237. The lowest BCUT2D eigenvalue weighted by Crippen LogP contribution is -2.47. The van der Waals surface area contributed by atoms with Gasteiger partial charge in [0.15, 0.2) is 0 Å². The van der Waals surface area contributed by atoms with Crippen molar-refractivity contribution in [3.05, 3.63) is 24.5 Å². The van der Waals surface area contributed by atoms with Gasteiger partial charge in [0, 0.05) is 38.7 Å². The Kier molecular flexibility index (Phi) is 4.77. The van der Waals surface area contributed by atoms with Crippen molar-refractivity contribution in [1.29, 1.82) is 0 Å². The average Bonchev–Trinajstić information content (AvgIpc) is 2.95. The highest BCUT2D eigenvalue weighted by molar-refractivity contribution is 5.90. The van der Waals surface area contributed by atoms with Crippen LogP contribution in [-0.2, 0) is 4.79 Å². The zero-order chi connectivity index (χ0) is 15.3. The second-order valence-electron chi connectivity index (χ2n) is 5.73. The second kappa shape index (κ2) is 6.56. The van der Waals surface area contributed by atoms with E-state index < -0.39 is 5.41 Å². The minimum atomic E-state index is -0.445. The van der Waals surface area contributed by atoms with Crippen LogP contribution in [0.5, 0.6) is 0 Å². The van der Waals surface area contributed by atoms with Crippen molar-refractivity contribution in [1.82, 2.24) is 15.2 Å². The van der Waals surface area contributed by atoms with Crippen LogP contribution in [0.2, 0.25) is 0 Å². The first-order valence-electron chi connectivity index (χ1n) is 7.20. The molecule has 0 saturated heterocycles. The van der Waals surface area contributed by atoms with Gasteiger partial charge in [-0.25, -0.2) is 4.79 Å². The molecule has 1 fully saturated rings. The van der Waals surface area contributed by atoms with Gasteiger partial charge in [-0.1, -0.05) is 12.8 Å². The Labute approximate surface area is 124 Å². The summed E-state index contributed by atoms with van der Waals surface area (Å²) in [7, 11) is 3.53. The summed E-state index contributed by atoms with van der Waals surface area (Å²) < 4.78 is 0. The standard InChI is InChI=1S/C15H22N4O2/c1-19(2)13(20)15(7-3-4-8-15)11-17-14(21)18-12-5-9-16-10-6-12/h5-6,9-10H,3-4,7-8,11H2,1-2H3,(H2,16,17,18,21). The number of carbonyl (C=O) groups excluding carboxylic acids is 2. The Morgan fingerprint density at radius 3 is 2.43 bits per heavy atom. The minimum Gasteiger partial charge on any atom is -0.348 e. The molecule has 1 aromatic rings. The van der Waals surface area contributed by atoms with E-state index in [1.807, 2.05) is 0 Å². The lowest BCUT2D eigenvalue weighted by molar-refractivity contribution is -0.138. The molecule has 114 valence electrons. The molecule has 1 aliphatic carbocycles. The third kappa shape index (κ3) is 3.71. The highest BCUT2D eigenvalue weighted by Gasteiger charge is 2.42. The van der Waals surface area contributed by atoms with Crippen LogP contribution in [0, 0.1) is 5.41 Å². The van der Waals surface area contributed by atoms with Crippen LogP contribution in [0.25, 0.3) is 0 Å². The molecule has 1 aromatic heterocycles. The van der Waals surface area contributed by atoms with Gasteiger partial charge in [-0.05, 0) is 25.0 Å². The van der Waals surface area contributed by atoms with E-state index in [-0.39, 0.29) is 11.9 Å². The fourth-order valence-corrected chi connectivity index (χ4v) is 2.85. The molecule has 0 aliphatic heterocycles. The number of rotatable bonds is 4. The maximum absolute atomic E-state index is 12.4. The van der Waals surface area contributed by atoms with E-state index in [1.54, 1.807) is 43.5 Å². The molecule has 0 atom stereocenters. The fourth-order valence-electron chi connectivity index (χ4n) is 2.85. The summed E-state index contributed by atoms with van der Waals surface area (Å²) in [4.78, 5) is 29.8. The molecule has 0 aromatic carbocycles. The van der Waals surface area contributed by atoms with Crippen molar-refractivity contribution in [3.8, 4) is 0 Å². The zero-order valence-corrected chi connectivity index (χ0v) is 12.6. The van der Waals surface area contributed by atoms with Crippen LogP contribution >= 0.6 is 0 Å². The van der Waals surface area contributed by atoms with Gasteiger partial charge in [-0.2, -0.15) is 0 Å². The molecule has 1 saturated carbocycles. The number of aromatic nitrogens is 1. The quantitative estimate of drug-likeness (QED) is 0.888. The summed E-state index contributed by atoms with van der Waals surface area (Å²) in [5, 5.41) is 5.57. The zero-order valence-electron chi connectivity index (χ0n) is 12.6. The number of carbonyl (C=O) groups is 2. The van der Waals surface area contributed by atoms with Crippen molar-refractivity contribution in [2.24, 2.45) is 5.41 Å². The van der Waals surface area contributed by atoms with E-state index in [9.17, 15) is 9.59 Å². The Balaban J connectivity index is 1.93. The van der Waals surface area contributed by atoms with Gasteiger partial charge in [0.2, 0.25) is 5.91 Å². The number of urea groups is 1. The highest BCUT2D eigenvalue weighted by atomic mass is 16.2. The van der Waals surface area contributed by atoms with Crippen molar-refractivity contribution in [3.63, 3.8) is 0 Å². The van der Waals surface area contributed by atoms with Crippen LogP contribution in [0.4, 0.5) is 10.5 Å². The first-order chi connectivity index (χ1) is 10.0. The lowest BCUT2D eigenvalue weighted by atomic mass is 9.84. The van der Waals surface area contributed by atoms with Crippen LogP contribution in [0.15, 0.2) is 24.5 Å². The molecule has 1 heterocycles. The van der Waals surface area contributed by atoms with Gasteiger partial charge in [-0.15, -0.1) is 0 Å². The van der Waals surface area contributed by atoms with Crippen molar-refractivity contribution in [2.45, 2.75) is 25.7 Å². The number of nitrogens with zero attached hydrogens (tertiary/aromatic N) is 2. The molecule has 3 amide bonds. The average molecular weight is 290 g/mol. The molecule has 21 heavy (non-hydrogen) atoms. The fraction of sp³-hybridized carbons (Fsp3) is 0.533. The molecule has 0 unspecified atom stereocenters. The molecule has 1 aliphatic rings. The van der Waals surface area contributed by atoms with Gasteiger partial charge in [-0.3, -0.25) is 9.78 Å². The number of amides is 3. The third-order valence-electron chi connectivity index (χ3n) is 3.95. The van der Waals surface area contributed by atoms with E-state index in [0.29, 0.717) is 12.2 Å². The van der Waals surface area contributed by atoms with Crippen LogP contribution in [0.3, 0.4) is 0 Å². The first-order valence-corrected chi connectivity index (χ1v) is 7.20. The molecule has 6 heteroatoms. The molecule has 0 radical (unpaired) electrons. The Bertz CT molecular complexity index is 496. The molecule has 2 rings (SSSR count). The molecule has 2 N–H and O–H groups in total. The summed E-state index contributed by atoms with van der Waals surface area (Å²) in [6.07, 6.45) is 6.97. The van der Waals surface area contributed by atoms with Crippen LogP contribution < -0.4 is 10.6 Å². The van der Waals surface area contributed by atoms with Crippen molar-refractivity contribution in [2.75, 3.05) is 26.0 Å².